The van der Waals surface area contributed by atoms with Gasteiger partial charge in [0.2, 0.25) is 0 Å². The molecule has 3 heteroatoms. The van der Waals surface area contributed by atoms with Crippen LogP contribution >= 0.6 is 23.7 Å². The summed E-state index contributed by atoms with van der Waals surface area (Å²) in [5, 5.41) is 2.17. The molecule has 0 amide bonds. The lowest BCUT2D eigenvalue weighted by Crippen LogP contribution is -2.26. The maximum atomic E-state index is 5.82. The van der Waals surface area contributed by atoms with Gasteiger partial charge >= 0.3 is 0 Å². The van der Waals surface area contributed by atoms with E-state index >= 15 is 0 Å². The first-order valence-corrected chi connectivity index (χ1v) is 4.55. The van der Waals surface area contributed by atoms with Crippen molar-refractivity contribution >= 4 is 23.7 Å². The van der Waals surface area contributed by atoms with Gasteiger partial charge in [-0.2, -0.15) is 0 Å². The highest BCUT2D eigenvalue weighted by Gasteiger charge is 2.15. The summed E-state index contributed by atoms with van der Waals surface area (Å²) in [6.07, 6.45) is 3.47. The Bertz CT molecular complexity index is 234. The van der Waals surface area contributed by atoms with Gasteiger partial charge in [0.05, 0.1) is 0 Å². The average molecular weight is 190 g/mol. The van der Waals surface area contributed by atoms with E-state index in [-0.39, 0.29) is 12.4 Å². The molecular formula is C8H12ClNS. The van der Waals surface area contributed by atoms with Crippen molar-refractivity contribution in [3.8, 4) is 0 Å². The minimum Gasteiger partial charge on any atom is -0.327 e. The van der Waals surface area contributed by atoms with Gasteiger partial charge in [0.15, 0.2) is 0 Å². The van der Waals surface area contributed by atoms with Crippen LogP contribution in [0.15, 0.2) is 11.4 Å². The zero-order valence-electron chi connectivity index (χ0n) is 6.25. The van der Waals surface area contributed by atoms with Gasteiger partial charge in [0.25, 0.3) is 0 Å². The molecular weight excluding hydrogens is 178 g/mol. The van der Waals surface area contributed by atoms with E-state index < -0.39 is 0 Å². The molecule has 1 unspecified atom stereocenters. The lowest BCUT2D eigenvalue weighted by Gasteiger charge is -2.17. The van der Waals surface area contributed by atoms with Crippen molar-refractivity contribution in [2.75, 3.05) is 0 Å². The molecule has 1 atom stereocenters. The smallest absolute Gasteiger partial charge is 0.00926 e. The summed E-state index contributed by atoms with van der Waals surface area (Å²) in [6, 6.07) is 2.65. The third-order valence-corrected chi connectivity index (χ3v) is 3.06. The highest BCUT2D eigenvalue weighted by atomic mass is 35.5. The molecule has 0 bridgehead atoms. The number of hydrogen-bond acceptors (Lipinski definition) is 2. The number of hydrogen-bond donors (Lipinski definition) is 1. The van der Waals surface area contributed by atoms with E-state index in [9.17, 15) is 0 Å². The predicted octanol–water partition coefficient (Wildman–Crippen LogP) is 1.99. The Labute approximate surface area is 77.0 Å². The minimum atomic E-state index is 0. The average Bonchev–Trinajstić information content (AvgIpc) is 2.33. The summed E-state index contributed by atoms with van der Waals surface area (Å²) in [5.74, 6) is 0. The quantitative estimate of drug-likeness (QED) is 0.664. The predicted molar refractivity (Wildman–Crippen MR) is 51.6 cm³/mol. The first-order chi connectivity index (χ1) is 4.86. The number of nitrogens with two attached hydrogens (primary N) is 1. The van der Waals surface area contributed by atoms with Gasteiger partial charge in [-0.3, -0.25) is 0 Å². The van der Waals surface area contributed by atoms with E-state index in [2.05, 4.69) is 11.4 Å². The fourth-order valence-electron chi connectivity index (χ4n) is 1.45. The summed E-state index contributed by atoms with van der Waals surface area (Å²) in [6.45, 7) is 0. The van der Waals surface area contributed by atoms with Gasteiger partial charge in [-0.1, -0.05) is 0 Å². The maximum Gasteiger partial charge on any atom is 0.00926 e. The zero-order chi connectivity index (χ0) is 6.97. The first kappa shape index (κ1) is 9.04. The van der Waals surface area contributed by atoms with Crippen LogP contribution in [-0.2, 0) is 12.8 Å². The van der Waals surface area contributed by atoms with Gasteiger partial charge in [0, 0.05) is 10.9 Å². The Kier molecular flexibility index (Phi) is 2.93. The molecule has 0 fully saturated rings. The highest BCUT2D eigenvalue weighted by Crippen LogP contribution is 2.24. The molecule has 1 aromatic heterocycles. The van der Waals surface area contributed by atoms with E-state index in [1.807, 2.05) is 11.3 Å². The fraction of sp³-hybridized carbons (Fsp3) is 0.500. The normalized spacial score (nSPS) is 22.1. The number of aryl methyl sites for hydroxylation is 1. The molecule has 0 aromatic carbocycles. The van der Waals surface area contributed by atoms with E-state index in [0.29, 0.717) is 6.04 Å². The van der Waals surface area contributed by atoms with E-state index in [1.54, 1.807) is 0 Å². The summed E-state index contributed by atoms with van der Waals surface area (Å²) >= 11 is 1.85. The molecule has 0 aliphatic heterocycles. The van der Waals surface area contributed by atoms with Gasteiger partial charge in [-0.05, 0) is 36.3 Å². The molecule has 1 aliphatic rings. The molecule has 1 heterocycles. The van der Waals surface area contributed by atoms with Crippen LogP contribution in [0.5, 0.6) is 0 Å². The largest absolute Gasteiger partial charge is 0.327 e. The molecule has 0 saturated heterocycles. The molecule has 0 radical (unpaired) electrons. The topological polar surface area (TPSA) is 26.0 Å². The Morgan fingerprint density at radius 2 is 2.36 bits per heavy atom. The Morgan fingerprint density at radius 3 is 3.18 bits per heavy atom. The van der Waals surface area contributed by atoms with Crippen LogP contribution in [0.3, 0.4) is 0 Å². The molecule has 2 N–H and O–H groups in total. The van der Waals surface area contributed by atoms with E-state index in [0.717, 1.165) is 6.42 Å². The standard InChI is InChI=1S/C8H11NS.ClH/c9-7-2-1-6-3-4-10-8(6)5-7;/h3-4,7H,1-2,5,9H2;1H. The van der Waals surface area contributed by atoms with Crippen LogP contribution in [0.4, 0.5) is 0 Å². The number of rotatable bonds is 0. The van der Waals surface area contributed by atoms with E-state index in [1.165, 1.54) is 23.3 Å². The van der Waals surface area contributed by atoms with Crippen LogP contribution in [0, 0.1) is 0 Å². The third-order valence-electron chi connectivity index (χ3n) is 2.07. The molecule has 1 aliphatic carbocycles. The summed E-state index contributed by atoms with van der Waals surface area (Å²) in [7, 11) is 0. The lowest BCUT2D eigenvalue weighted by atomic mass is 9.96. The van der Waals surface area contributed by atoms with Gasteiger partial charge < -0.3 is 5.73 Å². The highest BCUT2D eigenvalue weighted by molar-refractivity contribution is 7.10. The molecule has 1 aromatic rings. The molecule has 11 heavy (non-hydrogen) atoms. The van der Waals surface area contributed by atoms with Crippen molar-refractivity contribution in [1.82, 2.24) is 0 Å². The van der Waals surface area contributed by atoms with Crippen molar-refractivity contribution in [1.29, 1.82) is 0 Å². The van der Waals surface area contributed by atoms with Gasteiger partial charge in [-0.15, -0.1) is 23.7 Å². The monoisotopic (exact) mass is 189 g/mol. The second-order valence-corrected chi connectivity index (χ2v) is 3.87. The summed E-state index contributed by atoms with van der Waals surface area (Å²) in [4.78, 5) is 1.51. The number of halogens is 1. The molecule has 2 rings (SSSR count). The molecule has 62 valence electrons. The zero-order valence-corrected chi connectivity index (χ0v) is 7.88. The Morgan fingerprint density at radius 1 is 1.55 bits per heavy atom. The maximum absolute atomic E-state index is 5.82. The summed E-state index contributed by atoms with van der Waals surface area (Å²) < 4.78 is 0. The molecule has 0 spiro atoms. The first-order valence-electron chi connectivity index (χ1n) is 3.67. The van der Waals surface area contributed by atoms with Crippen LogP contribution in [0.1, 0.15) is 16.9 Å². The SMILES string of the molecule is Cl.NC1CCc2ccsc2C1. The van der Waals surface area contributed by atoms with Crippen LogP contribution in [0.25, 0.3) is 0 Å². The van der Waals surface area contributed by atoms with Gasteiger partial charge in [-0.25, -0.2) is 0 Å². The fourth-order valence-corrected chi connectivity index (χ4v) is 2.48. The Hall–Kier alpha value is -0.0500. The van der Waals surface area contributed by atoms with Crippen molar-refractivity contribution in [2.45, 2.75) is 25.3 Å². The van der Waals surface area contributed by atoms with Crippen LogP contribution in [-0.4, -0.2) is 6.04 Å². The van der Waals surface area contributed by atoms with Gasteiger partial charge in [0.1, 0.15) is 0 Å². The van der Waals surface area contributed by atoms with Crippen molar-refractivity contribution < 1.29 is 0 Å². The number of thiophene rings is 1. The third kappa shape index (κ3) is 1.75. The summed E-state index contributed by atoms with van der Waals surface area (Å²) in [5.41, 5.74) is 7.35. The van der Waals surface area contributed by atoms with Crippen LogP contribution < -0.4 is 5.73 Å². The number of fused-ring (bicyclic) bond motifs is 1. The van der Waals surface area contributed by atoms with Crippen LogP contribution in [0.2, 0.25) is 0 Å². The second-order valence-electron chi connectivity index (χ2n) is 2.87. The second kappa shape index (κ2) is 3.57. The molecule has 1 nitrogen and oxygen atoms in total. The molecule has 0 saturated carbocycles. The Balaban J connectivity index is 0.000000605. The lowest BCUT2D eigenvalue weighted by molar-refractivity contribution is 0.584. The minimum absolute atomic E-state index is 0. The van der Waals surface area contributed by atoms with Crippen molar-refractivity contribution in [3.63, 3.8) is 0 Å². The van der Waals surface area contributed by atoms with Crippen molar-refractivity contribution in [3.05, 3.63) is 21.9 Å². The van der Waals surface area contributed by atoms with Crippen molar-refractivity contribution in [2.24, 2.45) is 5.73 Å². The van der Waals surface area contributed by atoms with E-state index in [4.69, 9.17) is 5.73 Å².